The first-order valence-electron chi connectivity index (χ1n) is 2.97. The number of rotatable bonds is 1. The number of nitrogens with one attached hydrogen (secondary N) is 1. The molecule has 0 rings (SSSR count). The van der Waals surface area contributed by atoms with Crippen molar-refractivity contribution in [1.29, 1.82) is 0 Å². The fourth-order valence-electron chi connectivity index (χ4n) is 0.306. The first kappa shape index (κ1) is 10.6. The molecule has 0 saturated carbocycles. The van der Waals surface area contributed by atoms with Gasteiger partial charge < -0.3 is 5.73 Å². The van der Waals surface area contributed by atoms with Gasteiger partial charge in [-0.1, -0.05) is 0 Å². The maximum absolute atomic E-state index is 12.1. The molecule has 0 aromatic carbocycles. The van der Waals surface area contributed by atoms with Crippen molar-refractivity contribution in [2.45, 2.75) is 12.8 Å². The third kappa shape index (κ3) is 3.13. The molecule has 70 valence electrons. The number of amides is 3. The Labute approximate surface area is 67.5 Å². The van der Waals surface area contributed by atoms with Crippen LogP contribution >= 0.6 is 0 Å². The van der Waals surface area contributed by atoms with Crippen LogP contribution in [0.4, 0.5) is 13.6 Å². The average molecular weight is 181 g/mol. The van der Waals surface area contributed by atoms with Gasteiger partial charge in [0.1, 0.15) is 0 Å². The van der Waals surface area contributed by atoms with Crippen LogP contribution < -0.4 is 11.2 Å². The Morgan fingerprint density at radius 3 is 2.17 bits per heavy atom. The Balaban J connectivity index is 4.11. The van der Waals surface area contributed by atoms with Crippen LogP contribution in [0.15, 0.2) is 0 Å². The number of carbonyl (C=O) groups is 2. The lowest BCUT2D eigenvalue weighted by Crippen LogP contribution is -2.50. The molecule has 3 N–H and O–H groups in total. The van der Waals surface area contributed by atoms with E-state index in [9.17, 15) is 18.4 Å². The Morgan fingerprint density at radius 1 is 1.50 bits per heavy atom. The van der Waals surface area contributed by atoms with E-state index < -0.39 is 17.9 Å². The summed E-state index contributed by atoms with van der Waals surface area (Å²) in [5.41, 5.74) is 6.24. The van der Waals surface area contributed by atoms with Crippen LogP contribution in [0.1, 0.15) is 6.92 Å². The van der Waals surface area contributed by atoms with Gasteiger partial charge in [0.2, 0.25) is 0 Å². The van der Waals surface area contributed by atoms with Crippen molar-refractivity contribution < 1.29 is 18.4 Å². The summed E-state index contributed by atoms with van der Waals surface area (Å²) >= 11 is 0. The lowest BCUT2D eigenvalue weighted by Gasteiger charge is -2.17. The van der Waals surface area contributed by atoms with E-state index in [1.807, 2.05) is 0 Å². The van der Waals surface area contributed by atoms with Gasteiger partial charge in [0.05, 0.1) is 0 Å². The van der Waals surface area contributed by atoms with Gasteiger partial charge in [0.25, 0.3) is 0 Å². The summed E-state index contributed by atoms with van der Waals surface area (Å²) in [5, 5.41) is 0.472. The standard InChI is InChI=1S/C5H9F2N3O2/c1-5(6,7)3(11)9-10(2)4(8)12/h1-2H3,(H2,8,12)(H,9,11). The third-order valence-electron chi connectivity index (χ3n) is 0.999. The molecule has 0 aliphatic rings. The molecule has 0 saturated heterocycles. The van der Waals surface area contributed by atoms with Gasteiger partial charge >= 0.3 is 17.9 Å². The summed E-state index contributed by atoms with van der Waals surface area (Å²) in [7, 11) is 1.06. The summed E-state index contributed by atoms with van der Waals surface area (Å²) in [4.78, 5) is 20.7. The molecule has 0 unspecified atom stereocenters. The minimum absolute atomic E-state index is 0.414. The van der Waals surface area contributed by atoms with Crippen molar-refractivity contribution in [3.8, 4) is 0 Å². The van der Waals surface area contributed by atoms with Gasteiger partial charge in [0, 0.05) is 14.0 Å². The fourth-order valence-corrected chi connectivity index (χ4v) is 0.306. The highest BCUT2D eigenvalue weighted by atomic mass is 19.3. The van der Waals surface area contributed by atoms with Crippen LogP contribution in [-0.2, 0) is 4.79 Å². The van der Waals surface area contributed by atoms with Crippen LogP contribution in [-0.4, -0.2) is 29.9 Å². The quantitative estimate of drug-likeness (QED) is 0.544. The smallest absolute Gasteiger partial charge is 0.333 e. The van der Waals surface area contributed by atoms with Crippen LogP contribution in [0.2, 0.25) is 0 Å². The number of alkyl halides is 2. The second-order valence-corrected chi connectivity index (χ2v) is 2.23. The van der Waals surface area contributed by atoms with Crippen LogP contribution in [0, 0.1) is 0 Å². The molecule has 0 aromatic heterocycles. The van der Waals surface area contributed by atoms with Gasteiger partial charge in [-0.25, -0.2) is 9.80 Å². The van der Waals surface area contributed by atoms with E-state index >= 15 is 0 Å². The first-order chi connectivity index (χ1) is 5.25. The lowest BCUT2D eigenvalue weighted by molar-refractivity contribution is -0.146. The van der Waals surface area contributed by atoms with E-state index in [1.54, 1.807) is 5.43 Å². The van der Waals surface area contributed by atoms with E-state index in [2.05, 4.69) is 5.73 Å². The molecule has 0 aliphatic heterocycles. The van der Waals surface area contributed by atoms with E-state index in [0.29, 0.717) is 11.9 Å². The number of hydrazine groups is 1. The molecular weight excluding hydrogens is 172 g/mol. The number of nitrogens with two attached hydrogens (primary N) is 1. The number of hydrogen-bond donors (Lipinski definition) is 2. The van der Waals surface area contributed by atoms with E-state index in [0.717, 1.165) is 7.05 Å². The SMILES string of the molecule is CN(NC(=O)C(C)(F)F)C(N)=O. The van der Waals surface area contributed by atoms with Crippen molar-refractivity contribution in [3.05, 3.63) is 0 Å². The molecule has 0 aliphatic carbocycles. The normalized spacial score (nSPS) is 10.7. The van der Waals surface area contributed by atoms with E-state index in [1.165, 1.54) is 0 Å². The zero-order chi connectivity index (χ0) is 9.94. The minimum Gasteiger partial charge on any atom is -0.350 e. The zero-order valence-electron chi connectivity index (χ0n) is 6.60. The summed E-state index contributed by atoms with van der Waals surface area (Å²) in [6.07, 6.45) is 0. The van der Waals surface area contributed by atoms with E-state index in [4.69, 9.17) is 0 Å². The Hall–Kier alpha value is -1.40. The topological polar surface area (TPSA) is 75.4 Å². The highest BCUT2D eigenvalue weighted by molar-refractivity contribution is 5.85. The fraction of sp³-hybridized carbons (Fsp3) is 0.600. The zero-order valence-corrected chi connectivity index (χ0v) is 6.60. The number of urea groups is 1. The predicted molar refractivity (Wildman–Crippen MR) is 36.1 cm³/mol. The van der Waals surface area contributed by atoms with Crippen LogP contribution in [0.3, 0.4) is 0 Å². The summed E-state index contributed by atoms with van der Waals surface area (Å²) in [6.45, 7) is 0.414. The van der Waals surface area contributed by atoms with Crippen molar-refractivity contribution in [2.24, 2.45) is 5.73 Å². The summed E-state index contributed by atoms with van der Waals surface area (Å²) < 4.78 is 24.3. The number of nitrogens with zero attached hydrogens (tertiary/aromatic N) is 1. The largest absolute Gasteiger partial charge is 0.350 e. The molecular formula is C5H9F2N3O2. The summed E-state index contributed by atoms with van der Waals surface area (Å²) in [5.74, 6) is -5.10. The molecule has 12 heavy (non-hydrogen) atoms. The molecule has 0 bridgehead atoms. The van der Waals surface area contributed by atoms with Crippen LogP contribution in [0.25, 0.3) is 0 Å². The van der Waals surface area contributed by atoms with Gasteiger partial charge in [-0.3, -0.25) is 10.2 Å². The number of hydrogen-bond acceptors (Lipinski definition) is 2. The summed E-state index contributed by atoms with van der Waals surface area (Å²) in [6, 6.07) is -1.02. The Morgan fingerprint density at radius 2 is 1.92 bits per heavy atom. The maximum Gasteiger partial charge on any atom is 0.333 e. The maximum atomic E-state index is 12.1. The second kappa shape index (κ2) is 3.33. The highest BCUT2D eigenvalue weighted by Crippen LogP contribution is 2.10. The molecule has 0 spiro atoms. The lowest BCUT2D eigenvalue weighted by atomic mass is 10.4. The van der Waals surface area contributed by atoms with Crippen LogP contribution in [0.5, 0.6) is 0 Å². The number of primary amides is 1. The Bertz CT molecular complexity index is 201. The molecule has 3 amide bonds. The molecule has 0 radical (unpaired) electrons. The van der Waals surface area contributed by atoms with Crippen molar-refractivity contribution in [3.63, 3.8) is 0 Å². The first-order valence-corrected chi connectivity index (χ1v) is 2.97. The van der Waals surface area contributed by atoms with Gasteiger partial charge in [-0.15, -0.1) is 0 Å². The number of carbonyl (C=O) groups excluding carboxylic acids is 2. The minimum atomic E-state index is -3.52. The molecule has 0 heterocycles. The molecule has 0 aromatic rings. The van der Waals surface area contributed by atoms with Gasteiger partial charge in [-0.05, 0) is 0 Å². The molecule has 0 fully saturated rings. The van der Waals surface area contributed by atoms with Crippen molar-refractivity contribution >= 4 is 11.9 Å². The van der Waals surface area contributed by atoms with Gasteiger partial charge in [0.15, 0.2) is 0 Å². The Kier molecular flexibility index (Phi) is 2.94. The van der Waals surface area contributed by atoms with Gasteiger partial charge in [-0.2, -0.15) is 8.78 Å². The highest BCUT2D eigenvalue weighted by Gasteiger charge is 2.33. The second-order valence-electron chi connectivity index (χ2n) is 2.23. The van der Waals surface area contributed by atoms with Crippen molar-refractivity contribution in [1.82, 2.24) is 10.4 Å². The predicted octanol–water partition coefficient (Wildman–Crippen LogP) is -0.317. The molecule has 7 heteroatoms. The monoisotopic (exact) mass is 181 g/mol. The third-order valence-corrected chi connectivity index (χ3v) is 0.999. The van der Waals surface area contributed by atoms with Crippen molar-refractivity contribution in [2.75, 3.05) is 7.05 Å². The molecule has 5 nitrogen and oxygen atoms in total. The average Bonchev–Trinajstić information content (AvgIpc) is 1.85. The number of halogens is 2. The van der Waals surface area contributed by atoms with E-state index in [-0.39, 0.29) is 0 Å². The molecule has 0 atom stereocenters.